The molecule has 0 aliphatic carbocycles. The molecule has 1 atom stereocenters. The van der Waals surface area contributed by atoms with Gasteiger partial charge < -0.3 is 19.9 Å². The predicted octanol–water partition coefficient (Wildman–Crippen LogP) is 2.33. The number of fused-ring (bicyclic) bond motifs is 1. The SMILES string of the molecule is CC(=O)N(CC(=O)O)C1CCCN(C(=O)Cc2c[nH]c3c(C)cccc23)CC1. The van der Waals surface area contributed by atoms with Gasteiger partial charge in [0.1, 0.15) is 6.54 Å². The van der Waals surface area contributed by atoms with Crippen molar-refractivity contribution in [3.05, 3.63) is 35.5 Å². The highest BCUT2D eigenvalue weighted by atomic mass is 16.4. The molecule has 1 aromatic heterocycles. The van der Waals surface area contributed by atoms with Gasteiger partial charge in [-0.05, 0) is 37.3 Å². The monoisotopic (exact) mass is 385 g/mol. The zero-order valence-corrected chi connectivity index (χ0v) is 16.4. The zero-order valence-electron chi connectivity index (χ0n) is 16.4. The fraction of sp³-hybridized carbons (Fsp3) is 0.476. The van der Waals surface area contributed by atoms with Gasteiger partial charge in [0.25, 0.3) is 0 Å². The molecule has 1 aliphatic heterocycles. The van der Waals surface area contributed by atoms with Crippen molar-refractivity contribution in [2.24, 2.45) is 0 Å². The number of aromatic amines is 1. The van der Waals surface area contributed by atoms with Crippen molar-refractivity contribution in [3.8, 4) is 0 Å². The van der Waals surface area contributed by atoms with Crippen LogP contribution in [0.25, 0.3) is 10.9 Å². The van der Waals surface area contributed by atoms with E-state index in [-0.39, 0.29) is 24.4 Å². The summed E-state index contributed by atoms with van der Waals surface area (Å²) in [6.45, 7) is 4.32. The molecular formula is C21H27N3O4. The number of aryl methyl sites for hydroxylation is 1. The summed E-state index contributed by atoms with van der Waals surface area (Å²) in [6, 6.07) is 5.92. The second kappa shape index (κ2) is 8.46. The van der Waals surface area contributed by atoms with Gasteiger partial charge in [-0.15, -0.1) is 0 Å². The molecule has 1 saturated heterocycles. The lowest BCUT2D eigenvalue weighted by Gasteiger charge is -2.28. The van der Waals surface area contributed by atoms with Crippen LogP contribution >= 0.6 is 0 Å². The molecule has 0 spiro atoms. The third-order valence-electron chi connectivity index (χ3n) is 5.55. The highest BCUT2D eigenvalue weighted by Gasteiger charge is 2.27. The van der Waals surface area contributed by atoms with Crippen LogP contribution in [0.15, 0.2) is 24.4 Å². The second-order valence-electron chi connectivity index (χ2n) is 7.49. The number of para-hydroxylation sites is 1. The fourth-order valence-electron chi connectivity index (χ4n) is 4.07. The zero-order chi connectivity index (χ0) is 20.3. The molecule has 3 rings (SSSR count). The Hall–Kier alpha value is -2.83. The van der Waals surface area contributed by atoms with Gasteiger partial charge in [0.05, 0.1) is 6.42 Å². The Kier molecular flexibility index (Phi) is 6.02. The van der Waals surface area contributed by atoms with Crippen molar-refractivity contribution in [2.45, 2.75) is 45.6 Å². The topological polar surface area (TPSA) is 93.7 Å². The summed E-state index contributed by atoms with van der Waals surface area (Å²) in [6.07, 6.45) is 4.31. The number of aromatic nitrogens is 1. The first-order chi connectivity index (χ1) is 13.4. The molecule has 2 N–H and O–H groups in total. The maximum atomic E-state index is 12.9. The Balaban J connectivity index is 1.66. The van der Waals surface area contributed by atoms with Crippen molar-refractivity contribution in [3.63, 3.8) is 0 Å². The first kappa shape index (κ1) is 19.9. The van der Waals surface area contributed by atoms with Crippen molar-refractivity contribution < 1.29 is 19.5 Å². The number of hydrogen-bond donors (Lipinski definition) is 2. The molecule has 1 unspecified atom stereocenters. The fourth-order valence-corrected chi connectivity index (χ4v) is 4.07. The van der Waals surface area contributed by atoms with Crippen LogP contribution in [0.5, 0.6) is 0 Å². The van der Waals surface area contributed by atoms with E-state index in [1.807, 2.05) is 36.2 Å². The van der Waals surface area contributed by atoms with E-state index in [2.05, 4.69) is 4.98 Å². The summed E-state index contributed by atoms with van der Waals surface area (Å²) >= 11 is 0. The Morgan fingerprint density at radius 2 is 2.04 bits per heavy atom. The first-order valence-electron chi connectivity index (χ1n) is 9.69. The number of rotatable bonds is 5. The van der Waals surface area contributed by atoms with Crippen molar-refractivity contribution in [2.75, 3.05) is 19.6 Å². The number of benzene rings is 1. The van der Waals surface area contributed by atoms with Gasteiger partial charge in [-0.25, -0.2) is 0 Å². The molecule has 2 heterocycles. The number of carboxylic acid groups (broad SMARTS) is 1. The van der Waals surface area contributed by atoms with Crippen molar-refractivity contribution in [1.29, 1.82) is 0 Å². The van der Waals surface area contributed by atoms with E-state index in [0.29, 0.717) is 32.4 Å². The smallest absolute Gasteiger partial charge is 0.323 e. The van der Waals surface area contributed by atoms with E-state index < -0.39 is 5.97 Å². The first-order valence-corrected chi connectivity index (χ1v) is 9.69. The molecular weight excluding hydrogens is 358 g/mol. The van der Waals surface area contributed by atoms with Crippen molar-refractivity contribution in [1.82, 2.24) is 14.8 Å². The number of nitrogens with one attached hydrogen (secondary N) is 1. The van der Waals surface area contributed by atoms with Crippen LogP contribution in [0.1, 0.15) is 37.3 Å². The summed E-state index contributed by atoms with van der Waals surface area (Å²) in [7, 11) is 0. The number of aliphatic carboxylic acids is 1. The summed E-state index contributed by atoms with van der Waals surface area (Å²) < 4.78 is 0. The standard InChI is InChI=1S/C21H27N3O4/c1-14-5-3-7-18-16(12-22-21(14)18)11-19(26)23-9-4-6-17(8-10-23)24(15(2)25)13-20(27)28/h3,5,7,12,17,22H,4,6,8-11,13H2,1-2H3,(H,27,28). The van der Waals surface area contributed by atoms with Crippen LogP contribution in [-0.4, -0.2) is 63.4 Å². The van der Waals surface area contributed by atoms with E-state index in [1.165, 1.54) is 11.8 Å². The molecule has 0 radical (unpaired) electrons. The van der Waals surface area contributed by atoms with Gasteiger partial charge in [-0.1, -0.05) is 18.2 Å². The largest absolute Gasteiger partial charge is 0.480 e. The quantitative estimate of drug-likeness (QED) is 0.826. The molecule has 2 aromatic rings. The van der Waals surface area contributed by atoms with Crippen LogP contribution in [0.2, 0.25) is 0 Å². The molecule has 0 saturated carbocycles. The summed E-state index contributed by atoms with van der Waals surface area (Å²) in [5.41, 5.74) is 3.20. The molecule has 2 amide bonds. The van der Waals surface area contributed by atoms with Gasteiger partial charge in [0.2, 0.25) is 11.8 Å². The third-order valence-corrected chi connectivity index (χ3v) is 5.55. The number of amides is 2. The number of carboxylic acids is 1. The Morgan fingerprint density at radius 1 is 1.25 bits per heavy atom. The van der Waals surface area contributed by atoms with E-state index >= 15 is 0 Å². The summed E-state index contributed by atoms with van der Waals surface area (Å²) in [5, 5.41) is 10.1. The van der Waals surface area contributed by atoms with Crippen molar-refractivity contribution >= 4 is 28.7 Å². The van der Waals surface area contributed by atoms with Crippen LogP contribution < -0.4 is 0 Å². The number of hydrogen-bond acceptors (Lipinski definition) is 3. The van der Waals surface area contributed by atoms with Gasteiger partial charge >= 0.3 is 5.97 Å². The van der Waals surface area contributed by atoms with Gasteiger partial charge in [0, 0.05) is 43.2 Å². The lowest BCUT2D eigenvalue weighted by molar-refractivity contribution is -0.145. The minimum absolute atomic E-state index is 0.0654. The van der Waals surface area contributed by atoms with Crippen LogP contribution in [0.3, 0.4) is 0 Å². The number of H-pyrrole nitrogens is 1. The van der Waals surface area contributed by atoms with E-state index in [0.717, 1.165) is 28.5 Å². The highest BCUT2D eigenvalue weighted by molar-refractivity contribution is 5.90. The predicted molar refractivity (Wildman–Crippen MR) is 106 cm³/mol. The van der Waals surface area contributed by atoms with E-state index in [9.17, 15) is 14.4 Å². The normalized spacial score (nSPS) is 17.4. The molecule has 28 heavy (non-hydrogen) atoms. The average molecular weight is 385 g/mol. The molecule has 7 nitrogen and oxygen atoms in total. The maximum Gasteiger partial charge on any atom is 0.323 e. The van der Waals surface area contributed by atoms with Crippen LogP contribution in [-0.2, 0) is 20.8 Å². The molecule has 1 aromatic carbocycles. The number of nitrogens with zero attached hydrogens (tertiary/aromatic N) is 2. The Labute approximate surface area is 164 Å². The molecule has 0 bridgehead atoms. The molecule has 150 valence electrons. The minimum atomic E-state index is -1.01. The number of carbonyl (C=O) groups excluding carboxylic acids is 2. The average Bonchev–Trinajstić information content (AvgIpc) is 2.89. The van der Waals surface area contributed by atoms with Gasteiger partial charge in [0.15, 0.2) is 0 Å². The number of likely N-dealkylation sites (tertiary alicyclic amines) is 1. The third kappa shape index (κ3) is 4.35. The minimum Gasteiger partial charge on any atom is -0.480 e. The molecule has 7 heteroatoms. The van der Waals surface area contributed by atoms with Gasteiger partial charge in [-0.2, -0.15) is 0 Å². The van der Waals surface area contributed by atoms with Crippen LogP contribution in [0, 0.1) is 6.92 Å². The highest BCUT2D eigenvalue weighted by Crippen LogP contribution is 2.23. The molecule has 1 fully saturated rings. The summed E-state index contributed by atoms with van der Waals surface area (Å²) in [5.74, 6) is -1.18. The summed E-state index contributed by atoms with van der Waals surface area (Å²) in [4.78, 5) is 42.3. The lowest BCUT2D eigenvalue weighted by atomic mass is 10.1. The Morgan fingerprint density at radius 3 is 2.75 bits per heavy atom. The number of carbonyl (C=O) groups is 3. The lowest BCUT2D eigenvalue weighted by Crippen LogP contribution is -2.43. The maximum absolute atomic E-state index is 12.9. The Bertz CT molecular complexity index is 889. The second-order valence-corrected chi connectivity index (χ2v) is 7.49. The molecule has 1 aliphatic rings. The van der Waals surface area contributed by atoms with E-state index in [4.69, 9.17) is 5.11 Å². The van der Waals surface area contributed by atoms with Crippen LogP contribution in [0.4, 0.5) is 0 Å². The van der Waals surface area contributed by atoms with Gasteiger partial charge in [-0.3, -0.25) is 14.4 Å². The van der Waals surface area contributed by atoms with E-state index in [1.54, 1.807) is 0 Å².